The lowest BCUT2D eigenvalue weighted by atomic mass is 10.2. The number of aromatic nitrogens is 1. The van der Waals surface area contributed by atoms with Crippen LogP contribution in [0, 0.1) is 0 Å². The largest absolute Gasteiger partial charge is 0.435 e. The van der Waals surface area contributed by atoms with Crippen molar-refractivity contribution in [3.63, 3.8) is 0 Å². The van der Waals surface area contributed by atoms with Crippen molar-refractivity contribution < 1.29 is 21.3 Å². The van der Waals surface area contributed by atoms with Crippen LogP contribution in [0.25, 0.3) is 22.8 Å². The molecule has 1 aromatic heterocycles. The highest BCUT2D eigenvalue weighted by Gasteiger charge is 2.27. The summed E-state index contributed by atoms with van der Waals surface area (Å²) in [7, 11) is -7.78. The lowest BCUT2D eigenvalue weighted by Crippen LogP contribution is -2.26. The summed E-state index contributed by atoms with van der Waals surface area (Å²) in [5.41, 5.74) is 2.00. The van der Waals surface area contributed by atoms with Crippen LogP contribution in [0.15, 0.2) is 99.3 Å². The average molecular weight is 484 g/mol. The zero-order chi connectivity index (χ0) is 23.5. The van der Waals surface area contributed by atoms with Crippen LogP contribution in [-0.4, -0.2) is 28.4 Å². The van der Waals surface area contributed by atoms with Gasteiger partial charge in [0.25, 0.3) is 10.0 Å². The first-order valence-electron chi connectivity index (χ1n) is 9.97. The number of nitrogens with zero attached hydrogens (tertiary/aromatic N) is 1. The minimum atomic E-state index is -4.00. The van der Waals surface area contributed by atoms with Crippen molar-refractivity contribution in [2.24, 2.45) is 5.14 Å². The number of benzene rings is 3. The van der Waals surface area contributed by atoms with E-state index in [0.717, 1.165) is 5.56 Å². The van der Waals surface area contributed by atoms with Crippen LogP contribution in [-0.2, 0) is 26.5 Å². The number of nitrogens with one attached hydrogen (secondary N) is 1. The Balaban J connectivity index is 1.58. The van der Waals surface area contributed by atoms with Crippen molar-refractivity contribution in [3.8, 4) is 22.8 Å². The van der Waals surface area contributed by atoms with Gasteiger partial charge in [-0.3, -0.25) is 0 Å². The van der Waals surface area contributed by atoms with Gasteiger partial charge in [-0.1, -0.05) is 60.7 Å². The number of oxazole rings is 1. The second-order valence-corrected chi connectivity index (χ2v) is 10.5. The van der Waals surface area contributed by atoms with E-state index in [1.807, 2.05) is 24.3 Å². The smallest absolute Gasteiger partial charge is 0.262 e. The average Bonchev–Trinajstić information content (AvgIpc) is 3.27. The molecule has 0 bridgehead atoms. The molecule has 1 heterocycles. The molecule has 0 saturated carbocycles. The highest BCUT2D eigenvalue weighted by atomic mass is 32.2. The third kappa shape index (κ3) is 5.37. The molecule has 0 fully saturated rings. The summed E-state index contributed by atoms with van der Waals surface area (Å²) >= 11 is 0. The minimum absolute atomic E-state index is 0.00429. The molecule has 0 aliphatic carbocycles. The molecule has 4 rings (SSSR count). The molecule has 0 radical (unpaired) electrons. The maximum absolute atomic E-state index is 13.1. The lowest BCUT2D eigenvalue weighted by molar-refractivity contribution is 0.571. The third-order valence-electron chi connectivity index (χ3n) is 4.86. The Bertz CT molecular complexity index is 1450. The first-order chi connectivity index (χ1) is 15.7. The minimum Gasteiger partial charge on any atom is -0.435 e. The van der Waals surface area contributed by atoms with E-state index >= 15 is 0 Å². The Hall–Kier alpha value is -3.31. The van der Waals surface area contributed by atoms with Gasteiger partial charge in [-0.15, -0.1) is 0 Å². The van der Waals surface area contributed by atoms with Gasteiger partial charge in [0.05, 0.1) is 4.90 Å². The number of hydrogen-bond donors (Lipinski definition) is 2. The van der Waals surface area contributed by atoms with Crippen LogP contribution in [0.4, 0.5) is 0 Å². The zero-order valence-corrected chi connectivity index (χ0v) is 19.0. The highest BCUT2D eigenvalue weighted by molar-refractivity contribution is 7.89. The summed E-state index contributed by atoms with van der Waals surface area (Å²) in [6, 6.07) is 23.9. The van der Waals surface area contributed by atoms with Crippen LogP contribution in [0.1, 0.15) is 5.56 Å². The van der Waals surface area contributed by atoms with Crippen LogP contribution >= 0.6 is 0 Å². The quantitative estimate of drug-likeness (QED) is 0.396. The summed E-state index contributed by atoms with van der Waals surface area (Å²) in [6.07, 6.45) is 0.341. The highest BCUT2D eigenvalue weighted by Crippen LogP contribution is 2.32. The molecule has 0 atom stereocenters. The van der Waals surface area contributed by atoms with Gasteiger partial charge in [0.15, 0.2) is 5.76 Å². The summed E-state index contributed by atoms with van der Waals surface area (Å²) < 4.78 is 57.4. The van der Waals surface area contributed by atoms with Crippen LogP contribution in [0.5, 0.6) is 0 Å². The number of sulfonamides is 2. The maximum Gasteiger partial charge on any atom is 0.262 e. The van der Waals surface area contributed by atoms with Crippen molar-refractivity contribution in [2.75, 3.05) is 6.54 Å². The van der Waals surface area contributed by atoms with E-state index < -0.39 is 20.0 Å². The van der Waals surface area contributed by atoms with E-state index in [1.165, 1.54) is 12.1 Å². The molecule has 4 aromatic rings. The molecule has 3 aromatic carbocycles. The van der Waals surface area contributed by atoms with Crippen molar-refractivity contribution in [2.45, 2.75) is 16.3 Å². The fourth-order valence-electron chi connectivity index (χ4n) is 3.21. The van der Waals surface area contributed by atoms with Gasteiger partial charge in [-0.2, -0.15) is 4.98 Å². The standard InChI is InChI=1S/C23H21N3O5S2/c24-32(27,28)20-13-11-17(12-14-20)15-16-25-33(29,30)23-21(18-7-3-1-4-8-18)31-22(26-23)19-9-5-2-6-10-19/h1-14,25H,15-16H2,(H2,24,27,28). The molecule has 10 heteroatoms. The van der Waals surface area contributed by atoms with E-state index in [0.29, 0.717) is 17.5 Å². The maximum atomic E-state index is 13.1. The fourth-order valence-corrected chi connectivity index (χ4v) is 4.84. The Labute approximate surface area is 192 Å². The van der Waals surface area contributed by atoms with Gasteiger partial charge in [0.2, 0.25) is 20.9 Å². The SMILES string of the molecule is NS(=O)(=O)c1ccc(CCNS(=O)(=O)c2nc(-c3ccccc3)oc2-c2ccccc2)cc1. The van der Waals surface area contributed by atoms with Crippen LogP contribution in [0.3, 0.4) is 0 Å². The van der Waals surface area contributed by atoms with Crippen molar-refractivity contribution in [1.82, 2.24) is 9.71 Å². The Kier molecular flexibility index (Phi) is 6.43. The Morgan fingerprint density at radius 2 is 1.36 bits per heavy atom. The first kappa shape index (κ1) is 22.9. The molecule has 0 aliphatic heterocycles. The van der Waals surface area contributed by atoms with Gasteiger partial charge < -0.3 is 4.42 Å². The topological polar surface area (TPSA) is 132 Å². The van der Waals surface area contributed by atoms with Crippen molar-refractivity contribution >= 4 is 20.0 Å². The van der Waals surface area contributed by atoms with Gasteiger partial charge in [-0.25, -0.2) is 26.7 Å². The van der Waals surface area contributed by atoms with Crippen LogP contribution < -0.4 is 9.86 Å². The van der Waals surface area contributed by atoms with Gasteiger partial charge in [0.1, 0.15) is 0 Å². The number of rotatable bonds is 8. The van der Waals surface area contributed by atoms with Gasteiger partial charge in [0, 0.05) is 17.7 Å². The lowest BCUT2D eigenvalue weighted by Gasteiger charge is -2.07. The first-order valence-corrected chi connectivity index (χ1v) is 13.0. The molecule has 33 heavy (non-hydrogen) atoms. The second-order valence-electron chi connectivity index (χ2n) is 7.22. The van der Waals surface area contributed by atoms with E-state index in [2.05, 4.69) is 9.71 Å². The molecule has 0 aliphatic rings. The molecule has 170 valence electrons. The second kappa shape index (κ2) is 9.28. The molecule has 8 nitrogen and oxygen atoms in total. The van der Waals surface area contributed by atoms with Gasteiger partial charge >= 0.3 is 0 Å². The normalized spacial score (nSPS) is 12.0. The predicted molar refractivity (Wildman–Crippen MR) is 124 cm³/mol. The summed E-state index contributed by atoms with van der Waals surface area (Å²) in [4.78, 5) is 4.29. The van der Waals surface area contributed by atoms with Crippen molar-refractivity contribution in [1.29, 1.82) is 0 Å². The zero-order valence-electron chi connectivity index (χ0n) is 17.4. The molecule has 0 amide bonds. The predicted octanol–water partition coefficient (Wildman–Crippen LogP) is 3.18. The molecular weight excluding hydrogens is 462 g/mol. The van der Waals surface area contributed by atoms with Crippen molar-refractivity contribution in [3.05, 3.63) is 90.5 Å². The monoisotopic (exact) mass is 483 g/mol. The van der Waals surface area contributed by atoms with E-state index in [9.17, 15) is 16.8 Å². The van der Waals surface area contributed by atoms with E-state index in [4.69, 9.17) is 9.56 Å². The van der Waals surface area contributed by atoms with Gasteiger partial charge in [-0.05, 0) is 36.2 Å². The molecule has 3 N–H and O–H groups in total. The summed E-state index contributed by atoms with van der Waals surface area (Å²) in [6.45, 7) is 0.0822. The Morgan fingerprint density at radius 1 is 0.788 bits per heavy atom. The number of hydrogen-bond acceptors (Lipinski definition) is 6. The molecular formula is C23H21N3O5S2. The summed E-state index contributed by atoms with van der Waals surface area (Å²) in [5, 5.41) is 4.90. The Morgan fingerprint density at radius 3 is 1.94 bits per heavy atom. The van der Waals surface area contributed by atoms with E-state index in [-0.39, 0.29) is 28.1 Å². The fraction of sp³-hybridized carbons (Fsp3) is 0.0870. The molecule has 0 unspecified atom stereocenters. The summed E-state index contributed by atoms with van der Waals surface area (Å²) in [5.74, 6) is 0.355. The molecule has 0 saturated heterocycles. The number of nitrogens with two attached hydrogens (primary N) is 1. The number of primary sulfonamides is 1. The van der Waals surface area contributed by atoms with Crippen LogP contribution in [0.2, 0.25) is 0 Å². The third-order valence-corrected chi connectivity index (χ3v) is 7.16. The molecule has 0 spiro atoms. The van der Waals surface area contributed by atoms with E-state index in [1.54, 1.807) is 48.5 Å².